The van der Waals surface area contributed by atoms with Crippen molar-refractivity contribution < 1.29 is 13.2 Å². The second-order valence-corrected chi connectivity index (χ2v) is 7.09. The third kappa shape index (κ3) is 2.98. The molecule has 0 aliphatic carbocycles. The maximum absolute atomic E-state index is 13.0. The molecule has 1 aromatic heterocycles. The molecule has 8 heteroatoms. The summed E-state index contributed by atoms with van der Waals surface area (Å²) in [7, 11) is -3.55. The van der Waals surface area contributed by atoms with E-state index in [9.17, 15) is 8.42 Å². The van der Waals surface area contributed by atoms with Crippen LogP contribution in [0.2, 0.25) is 0 Å². The molecule has 1 saturated heterocycles. The average molecular weight is 316 g/mol. The van der Waals surface area contributed by atoms with Crippen LogP contribution in [0.3, 0.4) is 0 Å². The van der Waals surface area contributed by atoms with Crippen molar-refractivity contribution in [3.63, 3.8) is 0 Å². The lowest BCUT2D eigenvalue weighted by atomic mass is 10.2. The van der Waals surface area contributed by atoms with Gasteiger partial charge in [0, 0.05) is 19.1 Å². The van der Waals surface area contributed by atoms with Gasteiger partial charge in [-0.15, -0.1) is 0 Å². The van der Waals surface area contributed by atoms with Crippen molar-refractivity contribution in [1.82, 2.24) is 14.1 Å². The molecule has 0 radical (unpaired) electrons. The number of aryl methyl sites for hydroxylation is 1. The Labute approximate surface area is 126 Å². The summed E-state index contributed by atoms with van der Waals surface area (Å²) in [6.07, 6.45) is 0.730. The van der Waals surface area contributed by atoms with E-state index in [-0.39, 0.29) is 6.04 Å². The van der Waals surface area contributed by atoms with Crippen molar-refractivity contribution in [1.29, 1.82) is 0 Å². The van der Waals surface area contributed by atoms with E-state index in [1.807, 2.05) is 6.92 Å². The highest BCUT2D eigenvalue weighted by atomic mass is 32.2. The molecule has 0 aromatic carbocycles. The number of rotatable bonds is 5. The molecular formula is C13H24N4O3S. The van der Waals surface area contributed by atoms with Crippen molar-refractivity contribution in [2.45, 2.75) is 44.7 Å². The number of hydrogen-bond acceptors (Lipinski definition) is 5. The van der Waals surface area contributed by atoms with Crippen LogP contribution in [-0.2, 0) is 21.3 Å². The van der Waals surface area contributed by atoms with Gasteiger partial charge >= 0.3 is 0 Å². The highest BCUT2D eigenvalue weighted by Crippen LogP contribution is 2.27. The number of nitrogens with zero attached hydrogens (tertiary/aromatic N) is 3. The van der Waals surface area contributed by atoms with Gasteiger partial charge in [0.2, 0.25) is 10.0 Å². The minimum absolute atomic E-state index is 0.111. The number of hydrogen-bond donors (Lipinski definition) is 1. The van der Waals surface area contributed by atoms with E-state index in [0.29, 0.717) is 49.1 Å². The second kappa shape index (κ2) is 6.43. The van der Waals surface area contributed by atoms with Gasteiger partial charge in [-0.25, -0.2) is 8.42 Å². The minimum Gasteiger partial charge on any atom is -0.378 e. The zero-order valence-electron chi connectivity index (χ0n) is 12.9. The first-order valence-corrected chi connectivity index (χ1v) is 8.71. The van der Waals surface area contributed by atoms with E-state index >= 15 is 0 Å². The molecule has 1 aliphatic rings. The summed E-state index contributed by atoms with van der Waals surface area (Å²) in [6.45, 7) is 7.70. The standard InChI is InChI=1S/C13H24N4O3S/c1-4-12-9-20-8-7-17(12)21(18,19)13-10(2)15-16(6-5-14)11(13)3/h12H,4-9,14H2,1-3H3. The van der Waals surface area contributed by atoms with E-state index in [2.05, 4.69) is 5.10 Å². The third-order valence-corrected chi connectivity index (χ3v) is 6.07. The lowest BCUT2D eigenvalue weighted by Crippen LogP contribution is -2.48. The van der Waals surface area contributed by atoms with Gasteiger partial charge in [-0.3, -0.25) is 4.68 Å². The molecule has 2 rings (SSSR count). The van der Waals surface area contributed by atoms with E-state index < -0.39 is 10.0 Å². The first kappa shape index (κ1) is 16.4. The Balaban J connectivity index is 2.43. The number of ether oxygens (including phenoxy) is 1. The Bertz CT molecular complexity index is 597. The highest BCUT2D eigenvalue weighted by Gasteiger charge is 2.36. The molecule has 1 unspecified atom stereocenters. The molecule has 0 bridgehead atoms. The van der Waals surface area contributed by atoms with Gasteiger partial charge in [0.1, 0.15) is 4.90 Å². The smallest absolute Gasteiger partial charge is 0.247 e. The molecule has 0 spiro atoms. The lowest BCUT2D eigenvalue weighted by Gasteiger charge is -2.34. The number of sulfonamides is 1. The van der Waals surface area contributed by atoms with E-state index in [0.717, 1.165) is 6.42 Å². The summed E-state index contributed by atoms with van der Waals surface area (Å²) >= 11 is 0. The summed E-state index contributed by atoms with van der Waals surface area (Å²) in [5, 5.41) is 4.31. The van der Waals surface area contributed by atoms with Crippen molar-refractivity contribution in [3.8, 4) is 0 Å². The Kier molecular flexibility index (Phi) is 5.03. The Hall–Kier alpha value is -0.960. The Morgan fingerprint density at radius 1 is 1.43 bits per heavy atom. The molecular weight excluding hydrogens is 292 g/mol. The Morgan fingerprint density at radius 2 is 2.14 bits per heavy atom. The monoisotopic (exact) mass is 316 g/mol. The fourth-order valence-electron chi connectivity index (χ4n) is 2.79. The van der Waals surface area contributed by atoms with Gasteiger partial charge in [0.05, 0.1) is 31.1 Å². The summed E-state index contributed by atoms with van der Waals surface area (Å²) in [5.74, 6) is 0. The van der Waals surface area contributed by atoms with Crippen molar-refractivity contribution in [2.75, 3.05) is 26.3 Å². The lowest BCUT2D eigenvalue weighted by molar-refractivity contribution is 0.0314. The topological polar surface area (TPSA) is 90.5 Å². The fourth-order valence-corrected chi connectivity index (χ4v) is 4.83. The molecule has 7 nitrogen and oxygen atoms in total. The molecule has 0 amide bonds. The van der Waals surface area contributed by atoms with E-state index in [4.69, 9.17) is 10.5 Å². The molecule has 2 N–H and O–H groups in total. The largest absolute Gasteiger partial charge is 0.378 e. The molecule has 1 atom stereocenters. The van der Waals surface area contributed by atoms with Crippen LogP contribution >= 0.6 is 0 Å². The van der Waals surface area contributed by atoms with Crippen LogP contribution < -0.4 is 5.73 Å². The molecule has 1 aromatic rings. The first-order chi connectivity index (χ1) is 9.93. The van der Waals surface area contributed by atoms with Gasteiger partial charge in [-0.2, -0.15) is 9.40 Å². The van der Waals surface area contributed by atoms with Gasteiger partial charge < -0.3 is 10.5 Å². The van der Waals surface area contributed by atoms with Crippen LogP contribution in [0.15, 0.2) is 4.90 Å². The molecule has 120 valence electrons. The summed E-state index contributed by atoms with van der Waals surface area (Å²) in [6, 6.07) is -0.111. The van der Waals surface area contributed by atoms with Gasteiger partial charge in [0.15, 0.2) is 0 Å². The van der Waals surface area contributed by atoms with Gasteiger partial charge in [-0.05, 0) is 20.3 Å². The first-order valence-electron chi connectivity index (χ1n) is 7.27. The van der Waals surface area contributed by atoms with Crippen LogP contribution in [0.25, 0.3) is 0 Å². The predicted octanol–water partition coefficient (Wildman–Crippen LogP) is 0.258. The number of morpholine rings is 1. The molecule has 1 fully saturated rings. The van der Waals surface area contributed by atoms with E-state index in [1.165, 1.54) is 0 Å². The fraction of sp³-hybridized carbons (Fsp3) is 0.769. The minimum atomic E-state index is -3.55. The maximum atomic E-state index is 13.0. The maximum Gasteiger partial charge on any atom is 0.247 e. The summed E-state index contributed by atoms with van der Waals surface area (Å²) < 4.78 is 34.6. The molecule has 21 heavy (non-hydrogen) atoms. The van der Waals surface area contributed by atoms with E-state index in [1.54, 1.807) is 22.8 Å². The van der Waals surface area contributed by atoms with Crippen LogP contribution in [0.4, 0.5) is 0 Å². The molecule has 0 saturated carbocycles. The zero-order chi connectivity index (χ0) is 15.6. The SMILES string of the molecule is CCC1COCCN1S(=O)(=O)c1c(C)nn(CCN)c1C. The average Bonchev–Trinajstić information content (AvgIpc) is 2.74. The highest BCUT2D eigenvalue weighted by molar-refractivity contribution is 7.89. The number of aromatic nitrogens is 2. The quantitative estimate of drug-likeness (QED) is 0.841. The Morgan fingerprint density at radius 3 is 2.76 bits per heavy atom. The summed E-state index contributed by atoms with van der Waals surface area (Å²) in [4.78, 5) is 0.316. The molecule has 2 heterocycles. The van der Waals surface area contributed by atoms with Crippen LogP contribution in [0.1, 0.15) is 24.7 Å². The normalized spacial score (nSPS) is 20.9. The van der Waals surface area contributed by atoms with Crippen LogP contribution in [0, 0.1) is 13.8 Å². The third-order valence-electron chi connectivity index (χ3n) is 3.87. The second-order valence-electron chi connectivity index (χ2n) is 5.26. The van der Waals surface area contributed by atoms with Gasteiger partial charge in [0.25, 0.3) is 0 Å². The molecule has 1 aliphatic heterocycles. The summed E-state index contributed by atoms with van der Waals surface area (Å²) in [5.41, 5.74) is 6.73. The van der Waals surface area contributed by atoms with Crippen LogP contribution in [0.5, 0.6) is 0 Å². The zero-order valence-corrected chi connectivity index (χ0v) is 13.7. The van der Waals surface area contributed by atoms with Gasteiger partial charge in [-0.1, -0.05) is 6.92 Å². The van der Waals surface area contributed by atoms with Crippen molar-refractivity contribution >= 4 is 10.0 Å². The van der Waals surface area contributed by atoms with Crippen molar-refractivity contribution in [3.05, 3.63) is 11.4 Å². The number of nitrogens with two attached hydrogens (primary N) is 1. The van der Waals surface area contributed by atoms with Crippen LogP contribution in [-0.4, -0.2) is 54.8 Å². The van der Waals surface area contributed by atoms with Crippen molar-refractivity contribution in [2.24, 2.45) is 5.73 Å². The predicted molar refractivity (Wildman–Crippen MR) is 79.5 cm³/mol.